The van der Waals surface area contributed by atoms with E-state index in [1.807, 2.05) is 24.3 Å². The maximum absolute atomic E-state index is 10.7. The van der Waals surface area contributed by atoms with Gasteiger partial charge in [0.25, 0.3) is 0 Å². The molecule has 1 aliphatic heterocycles. The first-order chi connectivity index (χ1) is 8.01. The summed E-state index contributed by atoms with van der Waals surface area (Å²) in [7, 11) is 0. The summed E-state index contributed by atoms with van der Waals surface area (Å²) in [6, 6.07) is 7.33. The zero-order valence-electron chi connectivity index (χ0n) is 8.64. The molecule has 1 saturated heterocycles. The standard InChI is InChI=1S/C10H9BrClNO4/c11-8-3-1-7(2-4-8)9-16-5-10(12,6-17-9)13(14)15/h1-4,9H,5-6H2. The van der Waals surface area contributed by atoms with Crippen molar-refractivity contribution in [1.82, 2.24) is 0 Å². The van der Waals surface area contributed by atoms with Crippen LogP contribution >= 0.6 is 27.5 Å². The van der Waals surface area contributed by atoms with E-state index in [9.17, 15) is 10.1 Å². The molecule has 1 aromatic rings. The monoisotopic (exact) mass is 321 g/mol. The molecule has 17 heavy (non-hydrogen) atoms. The third-order valence-corrected chi connectivity index (χ3v) is 3.27. The zero-order chi connectivity index (χ0) is 12.5. The van der Waals surface area contributed by atoms with Gasteiger partial charge in [-0.15, -0.1) is 0 Å². The third-order valence-electron chi connectivity index (χ3n) is 2.38. The average Bonchev–Trinajstić information content (AvgIpc) is 2.31. The highest BCUT2D eigenvalue weighted by molar-refractivity contribution is 9.10. The Morgan fingerprint density at radius 3 is 2.35 bits per heavy atom. The van der Waals surface area contributed by atoms with E-state index >= 15 is 0 Å². The number of nitro groups is 1. The Balaban J connectivity index is 2.04. The van der Waals surface area contributed by atoms with Gasteiger partial charge < -0.3 is 9.47 Å². The van der Waals surface area contributed by atoms with E-state index in [1.54, 1.807) is 0 Å². The van der Waals surface area contributed by atoms with Crippen LogP contribution < -0.4 is 0 Å². The summed E-state index contributed by atoms with van der Waals surface area (Å²) in [5, 5.41) is 10.7. The predicted octanol–water partition coefficient (Wildman–Crippen LogP) is 2.71. The van der Waals surface area contributed by atoms with Crippen molar-refractivity contribution in [1.29, 1.82) is 0 Å². The molecule has 1 fully saturated rings. The number of rotatable bonds is 2. The van der Waals surface area contributed by atoms with Gasteiger partial charge in [-0.1, -0.05) is 28.1 Å². The van der Waals surface area contributed by atoms with E-state index in [1.165, 1.54) is 0 Å². The lowest BCUT2D eigenvalue weighted by molar-refractivity contribution is -0.563. The van der Waals surface area contributed by atoms with Gasteiger partial charge >= 0.3 is 5.00 Å². The van der Waals surface area contributed by atoms with Crippen molar-refractivity contribution in [3.63, 3.8) is 0 Å². The number of nitrogens with zero attached hydrogens (tertiary/aromatic N) is 1. The fourth-order valence-electron chi connectivity index (χ4n) is 1.41. The molecule has 0 aliphatic carbocycles. The summed E-state index contributed by atoms with van der Waals surface area (Å²) in [5.74, 6) is 0. The number of alkyl halides is 1. The topological polar surface area (TPSA) is 61.6 Å². The van der Waals surface area contributed by atoms with Gasteiger partial charge in [-0.2, -0.15) is 0 Å². The number of halogens is 2. The van der Waals surface area contributed by atoms with Gasteiger partial charge in [-0.25, -0.2) is 0 Å². The molecule has 0 unspecified atom stereocenters. The van der Waals surface area contributed by atoms with Gasteiger partial charge in [0.15, 0.2) is 6.29 Å². The molecule has 2 rings (SSSR count). The van der Waals surface area contributed by atoms with Crippen molar-refractivity contribution in [2.24, 2.45) is 0 Å². The van der Waals surface area contributed by atoms with Gasteiger partial charge in [-0.05, 0) is 23.7 Å². The average molecular weight is 323 g/mol. The summed E-state index contributed by atoms with van der Waals surface area (Å²) >= 11 is 9.05. The Labute approximate surface area is 111 Å². The van der Waals surface area contributed by atoms with Crippen molar-refractivity contribution < 1.29 is 14.4 Å². The quantitative estimate of drug-likeness (QED) is 0.363. The van der Waals surface area contributed by atoms with Crippen LogP contribution in [0.4, 0.5) is 0 Å². The van der Waals surface area contributed by atoms with Crippen LogP contribution in [0.15, 0.2) is 28.7 Å². The normalized spacial score (nSPS) is 28.9. The van der Waals surface area contributed by atoms with E-state index in [0.717, 1.165) is 10.0 Å². The Hall–Kier alpha value is -0.690. The van der Waals surface area contributed by atoms with Crippen molar-refractivity contribution >= 4 is 27.5 Å². The molecular formula is C10H9BrClNO4. The Kier molecular flexibility index (Phi) is 3.67. The highest BCUT2D eigenvalue weighted by Gasteiger charge is 2.46. The van der Waals surface area contributed by atoms with Gasteiger partial charge in [-0.3, -0.25) is 10.1 Å². The van der Waals surface area contributed by atoms with Gasteiger partial charge in [0.1, 0.15) is 13.2 Å². The first kappa shape index (κ1) is 12.8. The van der Waals surface area contributed by atoms with Crippen LogP contribution in [0.25, 0.3) is 0 Å². The lowest BCUT2D eigenvalue weighted by Gasteiger charge is -2.29. The predicted molar refractivity (Wildman–Crippen MR) is 64.4 cm³/mol. The van der Waals surface area contributed by atoms with Crippen molar-refractivity contribution in [2.75, 3.05) is 13.2 Å². The second kappa shape index (κ2) is 4.89. The summed E-state index contributed by atoms with van der Waals surface area (Å²) in [5.41, 5.74) is 0.801. The van der Waals surface area contributed by atoms with Crippen LogP contribution in [0.5, 0.6) is 0 Å². The molecule has 92 valence electrons. The van der Waals surface area contributed by atoms with E-state index in [-0.39, 0.29) is 13.2 Å². The fourth-order valence-corrected chi connectivity index (χ4v) is 1.80. The summed E-state index contributed by atoms with van der Waals surface area (Å²) in [6.45, 7) is -0.357. The molecule has 0 aromatic heterocycles. The molecular weight excluding hydrogens is 313 g/mol. The smallest absolute Gasteiger partial charge is 0.339 e. The third kappa shape index (κ3) is 2.77. The van der Waals surface area contributed by atoms with E-state index in [2.05, 4.69) is 15.9 Å². The molecule has 0 saturated carbocycles. The van der Waals surface area contributed by atoms with Crippen LogP contribution in [-0.2, 0) is 9.47 Å². The molecule has 1 aliphatic rings. The van der Waals surface area contributed by atoms with E-state index < -0.39 is 16.2 Å². The fraction of sp³-hybridized carbons (Fsp3) is 0.400. The largest absolute Gasteiger partial charge is 0.341 e. The molecule has 0 bridgehead atoms. The Bertz CT molecular complexity index is 417. The summed E-state index contributed by atoms with van der Waals surface area (Å²) in [4.78, 5) is 8.41. The highest BCUT2D eigenvalue weighted by Crippen LogP contribution is 2.31. The first-order valence-corrected chi connectivity index (χ1v) is 6.00. The molecule has 7 heteroatoms. The van der Waals surface area contributed by atoms with Crippen molar-refractivity contribution in [2.45, 2.75) is 11.3 Å². The second-order valence-electron chi connectivity index (χ2n) is 3.68. The van der Waals surface area contributed by atoms with Gasteiger partial charge in [0.2, 0.25) is 0 Å². The van der Waals surface area contributed by atoms with Gasteiger partial charge in [0, 0.05) is 15.0 Å². The van der Waals surface area contributed by atoms with E-state index in [0.29, 0.717) is 0 Å². The lowest BCUT2D eigenvalue weighted by atomic mass is 10.2. The maximum atomic E-state index is 10.7. The Morgan fingerprint density at radius 1 is 1.35 bits per heavy atom. The number of benzene rings is 1. The van der Waals surface area contributed by atoms with Crippen LogP contribution in [0.2, 0.25) is 0 Å². The molecule has 0 N–H and O–H groups in total. The molecule has 0 atom stereocenters. The SMILES string of the molecule is O=[N+]([O-])C1(Cl)COC(c2ccc(Br)cc2)OC1. The minimum atomic E-state index is -1.67. The minimum absolute atomic E-state index is 0.178. The first-order valence-electron chi connectivity index (χ1n) is 4.83. The van der Waals surface area contributed by atoms with Crippen molar-refractivity contribution in [3.8, 4) is 0 Å². The maximum Gasteiger partial charge on any atom is 0.341 e. The van der Waals surface area contributed by atoms with Crippen LogP contribution in [0.1, 0.15) is 11.9 Å². The van der Waals surface area contributed by atoms with Crippen LogP contribution in [0.3, 0.4) is 0 Å². The van der Waals surface area contributed by atoms with Crippen LogP contribution in [0, 0.1) is 10.1 Å². The summed E-state index contributed by atoms with van der Waals surface area (Å²) < 4.78 is 11.5. The molecule has 5 nitrogen and oxygen atoms in total. The second-order valence-corrected chi connectivity index (χ2v) is 5.30. The number of ether oxygens (including phenoxy) is 2. The van der Waals surface area contributed by atoms with Crippen molar-refractivity contribution in [3.05, 3.63) is 44.4 Å². The number of hydrogen-bond donors (Lipinski definition) is 0. The molecule has 0 amide bonds. The Morgan fingerprint density at radius 2 is 1.88 bits per heavy atom. The molecule has 1 aromatic carbocycles. The lowest BCUT2D eigenvalue weighted by Crippen LogP contribution is -2.46. The van der Waals surface area contributed by atoms with Gasteiger partial charge in [0.05, 0.1) is 0 Å². The highest BCUT2D eigenvalue weighted by atomic mass is 79.9. The van der Waals surface area contributed by atoms with Crippen LogP contribution in [-0.4, -0.2) is 23.1 Å². The molecule has 0 spiro atoms. The molecule has 1 heterocycles. The molecule has 0 radical (unpaired) electrons. The number of hydrogen-bond acceptors (Lipinski definition) is 4. The van der Waals surface area contributed by atoms with E-state index in [4.69, 9.17) is 21.1 Å². The summed E-state index contributed by atoms with van der Waals surface area (Å²) in [6.07, 6.45) is -0.602. The minimum Gasteiger partial charge on any atom is -0.339 e. The zero-order valence-corrected chi connectivity index (χ0v) is 11.0.